The Morgan fingerprint density at radius 3 is 2.68 bits per heavy atom. The van der Waals surface area contributed by atoms with Crippen LogP contribution in [-0.2, 0) is 4.79 Å². The SMILES string of the molecule is C[C@@]1(O)CC[C@@]2(C)[C@H](CC[C@@H]3[C@@H]2CC[C@]2(C)[C@@H](C(=O)CN4NNc5ccc(F)cc54)CC[C@@H]32)C1. The molecule has 8 atom stereocenters. The molecule has 0 unspecified atom stereocenters. The number of carbonyl (C=O) groups is 1. The Kier molecular flexibility index (Phi) is 5.14. The fourth-order valence-corrected chi connectivity index (χ4v) is 9.37. The summed E-state index contributed by atoms with van der Waals surface area (Å²) in [6.45, 7) is 7.21. The normalized spacial score (nSPS) is 45.1. The van der Waals surface area contributed by atoms with E-state index in [1.165, 1.54) is 31.4 Å². The number of Topliss-reactive ketones (excluding diaryl/α,β-unsaturated/α-hetero) is 1. The second-order valence-electron chi connectivity index (χ2n) is 13.0. The Balaban J connectivity index is 1.19. The molecular weight excluding hydrogens is 429 g/mol. The molecule has 4 fully saturated rings. The van der Waals surface area contributed by atoms with Crippen LogP contribution >= 0.6 is 0 Å². The lowest BCUT2D eigenvalue weighted by molar-refractivity contribution is -0.150. The van der Waals surface area contributed by atoms with Gasteiger partial charge in [0, 0.05) is 12.0 Å². The molecule has 1 aromatic rings. The lowest BCUT2D eigenvalue weighted by Gasteiger charge is -2.61. The summed E-state index contributed by atoms with van der Waals surface area (Å²) in [7, 11) is 0. The molecule has 1 aromatic carbocycles. The summed E-state index contributed by atoms with van der Waals surface area (Å²) in [5.74, 6) is 2.76. The van der Waals surface area contributed by atoms with Crippen LogP contribution in [0.5, 0.6) is 0 Å². The largest absolute Gasteiger partial charge is 0.390 e. The highest BCUT2D eigenvalue weighted by molar-refractivity contribution is 5.88. The lowest BCUT2D eigenvalue weighted by Crippen LogP contribution is -2.56. The van der Waals surface area contributed by atoms with Crippen molar-refractivity contribution in [2.24, 2.45) is 40.4 Å². The van der Waals surface area contributed by atoms with Gasteiger partial charge in [-0.25, -0.2) is 4.39 Å². The van der Waals surface area contributed by atoms with Gasteiger partial charge < -0.3 is 10.5 Å². The van der Waals surface area contributed by atoms with Gasteiger partial charge in [-0.3, -0.25) is 9.80 Å². The zero-order chi connectivity index (χ0) is 23.9. The van der Waals surface area contributed by atoms with E-state index in [-0.39, 0.29) is 29.5 Å². The van der Waals surface area contributed by atoms with Gasteiger partial charge in [0.15, 0.2) is 5.78 Å². The minimum atomic E-state index is -0.495. The van der Waals surface area contributed by atoms with Crippen LogP contribution < -0.4 is 16.0 Å². The number of hydrogen-bond acceptors (Lipinski definition) is 5. The number of carbonyl (C=O) groups excluding carboxylic acids is 1. The first-order valence-corrected chi connectivity index (χ1v) is 13.4. The molecular formula is C28H40FN3O2. The van der Waals surface area contributed by atoms with Crippen LogP contribution in [0, 0.1) is 46.2 Å². The number of hydrogen-bond donors (Lipinski definition) is 3. The predicted octanol–water partition coefficient (Wildman–Crippen LogP) is 5.46. The van der Waals surface area contributed by atoms with Crippen molar-refractivity contribution < 1.29 is 14.3 Å². The highest BCUT2D eigenvalue weighted by Gasteiger charge is 2.61. The van der Waals surface area contributed by atoms with Crippen LogP contribution in [-0.4, -0.2) is 23.0 Å². The standard InChI is InChI=1S/C28H40FN3O2/c1-26(34)12-13-27(2)17(15-26)4-6-19-20-7-8-22(28(20,3)11-10-21(19)27)25(33)16-32-24-14-18(29)5-9-23(24)30-31-32/h5,9,14,17,19-22,30-31,34H,4,6-8,10-13,15-16H2,1-3H3/t17-,19+,20+,21+,22-,26-,27+,28+/m1/s1. The van der Waals surface area contributed by atoms with Crippen molar-refractivity contribution in [3.05, 3.63) is 24.0 Å². The van der Waals surface area contributed by atoms with E-state index in [0.717, 1.165) is 50.1 Å². The van der Waals surface area contributed by atoms with Crippen LogP contribution in [0.1, 0.15) is 78.6 Å². The number of benzene rings is 1. The molecule has 0 aromatic heterocycles. The summed E-state index contributed by atoms with van der Waals surface area (Å²) in [5, 5.41) is 12.5. The lowest BCUT2D eigenvalue weighted by atomic mass is 9.44. The number of rotatable bonds is 3. The number of halogens is 1. The zero-order valence-corrected chi connectivity index (χ0v) is 20.9. The van der Waals surface area contributed by atoms with Gasteiger partial charge >= 0.3 is 0 Å². The van der Waals surface area contributed by atoms with Crippen LogP contribution in [0.2, 0.25) is 0 Å². The van der Waals surface area contributed by atoms with Crippen molar-refractivity contribution in [2.45, 2.75) is 84.2 Å². The number of aliphatic hydroxyl groups is 1. The molecule has 0 radical (unpaired) electrons. The molecule has 4 saturated carbocycles. The maximum atomic E-state index is 13.8. The number of fused-ring (bicyclic) bond motifs is 6. The molecule has 6 rings (SSSR count). The van der Waals surface area contributed by atoms with E-state index in [1.807, 2.05) is 6.92 Å². The molecule has 0 saturated heterocycles. The molecule has 186 valence electrons. The Labute approximate surface area is 202 Å². The van der Waals surface area contributed by atoms with Crippen molar-refractivity contribution in [1.82, 2.24) is 5.53 Å². The third-order valence-corrected chi connectivity index (χ3v) is 11.2. The van der Waals surface area contributed by atoms with Crippen molar-refractivity contribution in [3.63, 3.8) is 0 Å². The van der Waals surface area contributed by atoms with E-state index in [0.29, 0.717) is 28.9 Å². The minimum absolute atomic E-state index is 0.0690. The van der Waals surface area contributed by atoms with Gasteiger partial charge in [-0.2, -0.15) is 0 Å². The van der Waals surface area contributed by atoms with E-state index < -0.39 is 5.60 Å². The first-order valence-electron chi connectivity index (χ1n) is 13.4. The molecule has 6 heteroatoms. The van der Waals surface area contributed by atoms with Crippen molar-refractivity contribution >= 4 is 17.2 Å². The quantitative estimate of drug-likeness (QED) is 0.549. The molecule has 0 spiro atoms. The van der Waals surface area contributed by atoms with Crippen molar-refractivity contribution in [2.75, 3.05) is 17.0 Å². The molecule has 4 aliphatic carbocycles. The molecule has 1 heterocycles. The van der Waals surface area contributed by atoms with Gasteiger partial charge in [-0.1, -0.05) is 13.8 Å². The van der Waals surface area contributed by atoms with Gasteiger partial charge in [0.05, 0.1) is 23.5 Å². The number of nitrogens with zero attached hydrogens (tertiary/aromatic N) is 1. The van der Waals surface area contributed by atoms with Crippen LogP contribution in [0.15, 0.2) is 18.2 Å². The van der Waals surface area contributed by atoms with Gasteiger partial charge in [-0.15, -0.1) is 5.53 Å². The van der Waals surface area contributed by atoms with Gasteiger partial charge in [0.25, 0.3) is 0 Å². The summed E-state index contributed by atoms with van der Waals surface area (Å²) >= 11 is 0. The summed E-state index contributed by atoms with van der Waals surface area (Å²) in [6.07, 6.45) is 9.98. The highest BCUT2D eigenvalue weighted by Crippen LogP contribution is 2.68. The van der Waals surface area contributed by atoms with Crippen molar-refractivity contribution in [1.29, 1.82) is 0 Å². The van der Waals surface area contributed by atoms with E-state index in [2.05, 4.69) is 24.8 Å². The average Bonchev–Trinajstić information content (AvgIpc) is 3.34. The van der Waals surface area contributed by atoms with E-state index in [1.54, 1.807) is 11.1 Å². The van der Waals surface area contributed by atoms with Crippen LogP contribution in [0.3, 0.4) is 0 Å². The third kappa shape index (κ3) is 3.35. The molecule has 5 aliphatic rings. The van der Waals surface area contributed by atoms with E-state index in [4.69, 9.17) is 0 Å². The minimum Gasteiger partial charge on any atom is -0.390 e. The summed E-state index contributed by atoms with van der Waals surface area (Å²) in [6, 6.07) is 4.63. The summed E-state index contributed by atoms with van der Waals surface area (Å²) in [5.41, 5.74) is 7.53. The topological polar surface area (TPSA) is 64.6 Å². The molecule has 5 nitrogen and oxygen atoms in total. The second-order valence-corrected chi connectivity index (χ2v) is 13.0. The zero-order valence-electron chi connectivity index (χ0n) is 20.9. The predicted molar refractivity (Wildman–Crippen MR) is 131 cm³/mol. The molecule has 0 bridgehead atoms. The van der Waals surface area contributed by atoms with E-state index >= 15 is 0 Å². The number of nitrogens with one attached hydrogen (secondary N) is 2. The second kappa shape index (κ2) is 7.67. The first kappa shape index (κ1) is 22.8. The molecule has 0 amide bonds. The smallest absolute Gasteiger partial charge is 0.157 e. The molecule has 34 heavy (non-hydrogen) atoms. The van der Waals surface area contributed by atoms with Gasteiger partial charge in [0.2, 0.25) is 0 Å². The van der Waals surface area contributed by atoms with Crippen LogP contribution in [0.4, 0.5) is 15.8 Å². The Hall–Kier alpha value is -1.66. The highest BCUT2D eigenvalue weighted by atomic mass is 19.1. The number of anilines is 2. The maximum absolute atomic E-state index is 13.8. The molecule has 3 N–H and O–H groups in total. The van der Waals surface area contributed by atoms with Crippen molar-refractivity contribution in [3.8, 4) is 0 Å². The van der Waals surface area contributed by atoms with E-state index in [9.17, 15) is 14.3 Å². The number of ketones is 1. The Morgan fingerprint density at radius 2 is 1.85 bits per heavy atom. The fraction of sp³-hybridized carbons (Fsp3) is 0.750. The maximum Gasteiger partial charge on any atom is 0.157 e. The fourth-order valence-electron chi connectivity index (χ4n) is 9.37. The first-order chi connectivity index (χ1) is 16.1. The van der Waals surface area contributed by atoms with Crippen LogP contribution in [0.25, 0.3) is 0 Å². The molecule has 1 aliphatic heterocycles. The Bertz CT molecular complexity index is 998. The summed E-state index contributed by atoms with van der Waals surface area (Å²) < 4.78 is 13.8. The average molecular weight is 470 g/mol. The van der Waals surface area contributed by atoms with Gasteiger partial charge in [0.1, 0.15) is 5.82 Å². The Morgan fingerprint density at radius 1 is 1.06 bits per heavy atom. The van der Waals surface area contributed by atoms with Gasteiger partial charge in [-0.05, 0) is 111 Å². The monoisotopic (exact) mass is 469 g/mol. The number of hydrazine groups is 2. The third-order valence-electron chi connectivity index (χ3n) is 11.2. The summed E-state index contributed by atoms with van der Waals surface area (Å²) in [4.78, 5) is 13.6.